The Morgan fingerprint density at radius 3 is 1.97 bits per heavy atom. The quantitative estimate of drug-likeness (QED) is 0.188. The van der Waals surface area contributed by atoms with E-state index in [4.69, 9.17) is 14.2 Å². The lowest BCUT2D eigenvalue weighted by Gasteiger charge is -2.46. The van der Waals surface area contributed by atoms with E-state index in [9.17, 15) is 45.6 Å². The number of phenols is 1. The number of aliphatic hydroxyl groups is 7. The van der Waals surface area contributed by atoms with Crippen LogP contribution in [-0.4, -0.2) is 121 Å². The zero-order valence-electron chi connectivity index (χ0n) is 16.9. The van der Waals surface area contributed by atoms with E-state index < -0.39 is 80.2 Å². The second-order valence-corrected chi connectivity index (χ2v) is 7.85. The van der Waals surface area contributed by atoms with Gasteiger partial charge >= 0.3 is 0 Å². The van der Waals surface area contributed by atoms with Gasteiger partial charge in [-0.3, -0.25) is 4.79 Å². The van der Waals surface area contributed by atoms with Crippen molar-refractivity contribution in [3.05, 3.63) is 29.8 Å². The topological polar surface area (TPSA) is 207 Å². The van der Waals surface area contributed by atoms with Crippen molar-refractivity contribution in [1.29, 1.82) is 0 Å². The average Bonchev–Trinajstić information content (AvgIpc) is 2.79. The second kappa shape index (κ2) is 10.5. The number of carbonyl (C=O) groups excluding carboxylic acids is 1. The van der Waals surface area contributed by atoms with E-state index in [-0.39, 0.29) is 17.7 Å². The van der Waals surface area contributed by atoms with Crippen molar-refractivity contribution in [3.8, 4) is 5.75 Å². The molecule has 8 N–H and O–H groups in total. The summed E-state index contributed by atoms with van der Waals surface area (Å²) in [6.07, 6.45) is -15.5. The van der Waals surface area contributed by atoms with Crippen molar-refractivity contribution < 1.29 is 59.9 Å². The smallest absolute Gasteiger partial charge is 0.187 e. The average molecular weight is 460 g/mol. The summed E-state index contributed by atoms with van der Waals surface area (Å²) in [5.74, 6) is -0.467. The highest BCUT2D eigenvalue weighted by Crippen LogP contribution is 2.30. The third-order valence-electron chi connectivity index (χ3n) is 5.68. The van der Waals surface area contributed by atoms with Gasteiger partial charge in [-0.2, -0.15) is 0 Å². The monoisotopic (exact) mass is 460 g/mol. The Kier molecular flexibility index (Phi) is 8.16. The predicted octanol–water partition coefficient (Wildman–Crippen LogP) is -3.37. The highest BCUT2D eigenvalue weighted by molar-refractivity contribution is 5.96. The van der Waals surface area contributed by atoms with Crippen molar-refractivity contribution in [2.24, 2.45) is 0 Å². The molecule has 32 heavy (non-hydrogen) atoms. The predicted molar refractivity (Wildman–Crippen MR) is 103 cm³/mol. The number of ether oxygens (including phenoxy) is 3. The van der Waals surface area contributed by atoms with Gasteiger partial charge in [-0.05, 0) is 24.3 Å². The van der Waals surface area contributed by atoms with Crippen molar-refractivity contribution in [2.75, 3.05) is 13.2 Å². The molecule has 0 bridgehead atoms. The van der Waals surface area contributed by atoms with Gasteiger partial charge in [0.15, 0.2) is 12.1 Å². The first-order chi connectivity index (χ1) is 15.2. The molecule has 2 aliphatic rings. The summed E-state index contributed by atoms with van der Waals surface area (Å²) in [4.78, 5) is 12.5. The van der Waals surface area contributed by atoms with E-state index in [1.165, 1.54) is 24.3 Å². The minimum atomic E-state index is -1.76. The number of aromatic hydroxyl groups is 1. The molecule has 2 aliphatic heterocycles. The Balaban J connectivity index is 1.69. The number of aliphatic hydroxyl groups excluding tert-OH is 7. The maximum absolute atomic E-state index is 12.5. The van der Waals surface area contributed by atoms with Crippen LogP contribution < -0.4 is 0 Å². The van der Waals surface area contributed by atoms with Gasteiger partial charge in [0.05, 0.1) is 19.3 Å². The second-order valence-electron chi connectivity index (χ2n) is 7.85. The van der Waals surface area contributed by atoms with Gasteiger partial charge in [0, 0.05) is 12.0 Å². The molecule has 2 saturated heterocycles. The molecule has 0 aromatic heterocycles. The van der Waals surface area contributed by atoms with Gasteiger partial charge < -0.3 is 55.1 Å². The molecule has 0 saturated carbocycles. The minimum Gasteiger partial charge on any atom is -0.508 e. The molecular weight excluding hydrogens is 432 g/mol. The van der Waals surface area contributed by atoms with Gasteiger partial charge in [-0.15, -0.1) is 0 Å². The highest BCUT2D eigenvalue weighted by atomic mass is 16.7. The highest BCUT2D eigenvalue weighted by Gasteiger charge is 2.50. The van der Waals surface area contributed by atoms with E-state index in [1.807, 2.05) is 0 Å². The fourth-order valence-electron chi connectivity index (χ4n) is 3.78. The van der Waals surface area contributed by atoms with E-state index >= 15 is 0 Å². The van der Waals surface area contributed by atoms with Gasteiger partial charge in [-0.1, -0.05) is 0 Å². The van der Waals surface area contributed by atoms with Gasteiger partial charge in [0.1, 0.15) is 54.6 Å². The zero-order chi connectivity index (χ0) is 23.6. The minimum absolute atomic E-state index is 0.0283. The molecule has 0 aliphatic carbocycles. The number of hydrogen-bond donors (Lipinski definition) is 8. The Labute approximate surface area is 182 Å². The molecule has 0 radical (unpaired) electrons. The molecule has 3 rings (SSSR count). The summed E-state index contributed by atoms with van der Waals surface area (Å²) in [5.41, 5.74) is 0.244. The largest absolute Gasteiger partial charge is 0.508 e. The van der Waals surface area contributed by atoms with Crippen LogP contribution in [0.5, 0.6) is 5.75 Å². The molecule has 12 nitrogen and oxygen atoms in total. The normalized spacial score (nSPS) is 40.2. The molecule has 0 unspecified atom stereocenters. The number of Topliss-reactive ketones (excluding diaryl/α,β-unsaturated/α-hetero) is 1. The Morgan fingerprint density at radius 1 is 0.781 bits per heavy atom. The molecule has 180 valence electrons. The lowest BCUT2D eigenvalue weighted by Crippen LogP contribution is -2.64. The first-order valence-electron chi connectivity index (χ1n) is 10.1. The van der Waals surface area contributed by atoms with Crippen molar-refractivity contribution >= 4 is 5.78 Å². The SMILES string of the molecule is O=C(C[C@@H]1O[C@H](CO)[C@@H](O[C@H]2O[C@H](CO)[C@@H](O)[C@H](O)[C@H]2O)[C@H](O)[C@H]1O)c1ccc(O)cc1. The molecule has 0 spiro atoms. The van der Waals surface area contributed by atoms with Crippen LogP contribution in [0.4, 0.5) is 0 Å². The number of phenolic OH excluding ortho intramolecular Hbond substituents is 1. The summed E-state index contributed by atoms with van der Waals surface area (Å²) in [7, 11) is 0. The summed E-state index contributed by atoms with van der Waals surface area (Å²) in [6, 6.07) is 5.41. The Morgan fingerprint density at radius 2 is 1.38 bits per heavy atom. The number of carbonyl (C=O) groups is 1. The molecule has 10 atom stereocenters. The van der Waals surface area contributed by atoms with Crippen molar-refractivity contribution in [1.82, 2.24) is 0 Å². The number of rotatable bonds is 7. The van der Waals surface area contributed by atoms with Crippen LogP contribution in [0.3, 0.4) is 0 Å². The number of hydrogen-bond acceptors (Lipinski definition) is 12. The van der Waals surface area contributed by atoms with Crippen LogP contribution in [0.15, 0.2) is 24.3 Å². The number of ketones is 1. The van der Waals surface area contributed by atoms with E-state index in [1.54, 1.807) is 0 Å². The maximum Gasteiger partial charge on any atom is 0.187 e. The van der Waals surface area contributed by atoms with Crippen molar-refractivity contribution in [3.63, 3.8) is 0 Å². The third-order valence-corrected chi connectivity index (χ3v) is 5.68. The maximum atomic E-state index is 12.5. The molecule has 1 aromatic rings. The van der Waals surface area contributed by atoms with E-state index in [2.05, 4.69) is 0 Å². The number of benzene rings is 1. The van der Waals surface area contributed by atoms with E-state index in [0.29, 0.717) is 0 Å². The molecular formula is C20H28O12. The van der Waals surface area contributed by atoms with Crippen molar-refractivity contribution in [2.45, 2.75) is 67.6 Å². The van der Waals surface area contributed by atoms with Gasteiger partial charge in [-0.25, -0.2) is 0 Å². The fourth-order valence-corrected chi connectivity index (χ4v) is 3.78. The summed E-state index contributed by atoms with van der Waals surface area (Å²) in [5, 5.41) is 79.2. The van der Waals surface area contributed by atoms with Crippen LogP contribution in [-0.2, 0) is 14.2 Å². The Bertz CT molecular complexity index is 753. The van der Waals surface area contributed by atoms with Crippen LogP contribution in [0.2, 0.25) is 0 Å². The van der Waals surface area contributed by atoms with Gasteiger partial charge in [0.2, 0.25) is 0 Å². The van der Waals surface area contributed by atoms with Crippen LogP contribution in [0.1, 0.15) is 16.8 Å². The van der Waals surface area contributed by atoms with Crippen LogP contribution in [0, 0.1) is 0 Å². The molecule has 2 heterocycles. The Hall–Kier alpha value is -1.71. The summed E-state index contributed by atoms with van der Waals surface area (Å²) >= 11 is 0. The zero-order valence-corrected chi connectivity index (χ0v) is 16.9. The first-order valence-corrected chi connectivity index (χ1v) is 10.1. The summed E-state index contributed by atoms with van der Waals surface area (Å²) in [6.45, 7) is -1.38. The molecule has 2 fully saturated rings. The first kappa shape index (κ1) is 24.9. The van der Waals surface area contributed by atoms with Crippen LogP contribution in [0.25, 0.3) is 0 Å². The lowest BCUT2D eigenvalue weighted by atomic mass is 9.91. The fraction of sp³-hybridized carbons (Fsp3) is 0.650. The molecule has 12 heteroatoms. The summed E-state index contributed by atoms with van der Waals surface area (Å²) < 4.78 is 16.3. The lowest BCUT2D eigenvalue weighted by molar-refractivity contribution is -0.341. The standard InChI is InChI=1S/C20H28O12/c21-6-12-15(26)16(27)18(29)20(31-12)32-19-13(7-22)30-11(14(25)17(19)28)5-10(24)8-1-3-9(23)4-2-8/h1-4,11-23,25-29H,5-7H2/t11-,12+,13+,14-,15+,16-,17+,18+,19+,20+/m0/s1. The molecule has 1 aromatic carbocycles. The van der Waals surface area contributed by atoms with Crippen LogP contribution >= 0.6 is 0 Å². The third kappa shape index (κ3) is 5.10. The molecule has 0 amide bonds. The van der Waals surface area contributed by atoms with E-state index in [0.717, 1.165) is 0 Å². The van der Waals surface area contributed by atoms with Gasteiger partial charge in [0.25, 0.3) is 0 Å².